The van der Waals surface area contributed by atoms with Gasteiger partial charge in [0.15, 0.2) is 5.90 Å². The van der Waals surface area contributed by atoms with Crippen molar-refractivity contribution in [3.63, 3.8) is 0 Å². The molecule has 74 valence electrons. The minimum Gasteiger partial charge on any atom is -0.470 e. The number of fused-ring (bicyclic) bond motifs is 1. The van der Waals surface area contributed by atoms with Crippen molar-refractivity contribution in [1.29, 1.82) is 0 Å². The highest BCUT2D eigenvalue weighted by atomic mass is 16.5. The molecule has 0 fully saturated rings. The summed E-state index contributed by atoms with van der Waals surface area (Å²) >= 11 is 0. The van der Waals surface area contributed by atoms with Gasteiger partial charge in [0.05, 0.1) is 5.69 Å². The molecule has 0 spiro atoms. The first-order valence-corrected chi connectivity index (χ1v) is 4.99. The molecule has 1 aliphatic rings. The van der Waals surface area contributed by atoms with Crippen LogP contribution in [0, 0.1) is 0 Å². The number of hydrogen-bond acceptors (Lipinski definition) is 2. The van der Waals surface area contributed by atoms with Crippen LogP contribution in [-0.4, -0.2) is 5.90 Å². The highest BCUT2D eigenvalue weighted by Gasteiger charge is 2.32. The molecule has 1 unspecified atom stereocenters. The fourth-order valence-electron chi connectivity index (χ4n) is 1.85. The summed E-state index contributed by atoms with van der Waals surface area (Å²) in [6.45, 7) is 6.16. The van der Waals surface area contributed by atoms with Gasteiger partial charge in [0.25, 0.3) is 0 Å². The van der Waals surface area contributed by atoms with Crippen molar-refractivity contribution in [2.75, 3.05) is 0 Å². The lowest BCUT2D eigenvalue weighted by Gasteiger charge is -2.34. The van der Waals surface area contributed by atoms with E-state index in [0.29, 0.717) is 0 Å². The molecule has 1 atom stereocenters. The van der Waals surface area contributed by atoms with Crippen LogP contribution >= 0.6 is 0 Å². The summed E-state index contributed by atoms with van der Waals surface area (Å²) in [6.07, 6.45) is 0.955. The molecule has 0 amide bonds. The molecule has 0 radical (unpaired) electrons. The first-order chi connectivity index (χ1) is 6.65. The van der Waals surface area contributed by atoms with E-state index in [4.69, 9.17) is 4.74 Å². The van der Waals surface area contributed by atoms with Gasteiger partial charge in [0, 0.05) is 12.5 Å². The van der Waals surface area contributed by atoms with E-state index in [1.807, 2.05) is 25.1 Å². The van der Waals surface area contributed by atoms with Crippen molar-refractivity contribution >= 4 is 11.6 Å². The number of nitrogens with zero attached hydrogens (tertiary/aromatic N) is 1. The van der Waals surface area contributed by atoms with Crippen molar-refractivity contribution in [2.24, 2.45) is 4.99 Å². The molecule has 0 N–H and O–H groups in total. The molecule has 1 aliphatic heterocycles. The molecule has 1 aromatic carbocycles. The molecule has 2 heteroatoms. The quantitative estimate of drug-likeness (QED) is 0.663. The Kier molecular flexibility index (Phi) is 2.06. The standard InChI is InChI=1S/C12H15NO/c1-4-12(3)10-7-5-6-8-11(10)13-9(2)14-12/h5-8H,4H2,1-3H3. The maximum Gasteiger partial charge on any atom is 0.186 e. The summed E-state index contributed by atoms with van der Waals surface area (Å²) in [4.78, 5) is 4.38. The number of rotatable bonds is 1. The first kappa shape index (κ1) is 9.25. The molecule has 1 heterocycles. The van der Waals surface area contributed by atoms with Gasteiger partial charge in [-0.1, -0.05) is 25.1 Å². The third-order valence-corrected chi connectivity index (χ3v) is 2.80. The van der Waals surface area contributed by atoms with Gasteiger partial charge < -0.3 is 4.74 Å². The predicted molar refractivity (Wildman–Crippen MR) is 57.9 cm³/mol. The molecule has 2 nitrogen and oxygen atoms in total. The van der Waals surface area contributed by atoms with Gasteiger partial charge in [-0.15, -0.1) is 0 Å². The minimum atomic E-state index is -0.206. The van der Waals surface area contributed by atoms with E-state index in [1.54, 1.807) is 0 Å². The highest BCUT2D eigenvalue weighted by Crippen LogP contribution is 2.39. The Hall–Kier alpha value is -1.31. The molecule has 0 saturated heterocycles. The number of aliphatic imine (C=N–C) groups is 1. The molecular formula is C12H15NO. The van der Waals surface area contributed by atoms with Crippen LogP contribution in [-0.2, 0) is 10.3 Å². The normalized spacial score (nSPS) is 24.9. The van der Waals surface area contributed by atoms with Crippen molar-refractivity contribution < 1.29 is 4.74 Å². The number of hydrogen-bond donors (Lipinski definition) is 0. The van der Waals surface area contributed by atoms with Crippen LogP contribution in [0.15, 0.2) is 29.3 Å². The maximum absolute atomic E-state index is 5.80. The van der Waals surface area contributed by atoms with Gasteiger partial charge in [-0.05, 0) is 19.4 Å². The summed E-state index contributed by atoms with van der Waals surface area (Å²) < 4.78 is 5.80. The van der Waals surface area contributed by atoms with Crippen LogP contribution in [0.2, 0.25) is 0 Å². The SMILES string of the molecule is CCC1(C)OC(C)=Nc2ccccc21. The lowest BCUT2D eigenvalue weighted by molar-refractivity contribution is 0.0639. The molecule has 2 rings (SSSR count). The zero-order valence-corrected chi connectivity index (χ0v) is 8.87. The molecule has 0 aliphatic carbocycles. The summed E-state index contributed by atoms with van der Waals surface area (Å²) in [6, 6.07) is 8.17. The Morgan fingerprint density at radius 2 is 2.07 bits per heavy atom. The van der Waals surface area contributed by atoms with Crippen molar-refractivity contribution in [2.45, 2.75) is 32.8 Å². The van der Waals surface area contributed by atoms with Gasteiger partial charge >= 0.3 is 0 Å². The van der Waals surface area contributed by atoms with Crippen LogP contribution < -0.4 is 0 Å². The van der Waals surface area contributed by atoms with Crippen LogP contribution in [0.25, 0.3) is 0 Å². The Balaban J connectivity index is 2.59. The molecule has 0 aromatic heterocycles. The number of ether oxygens (including phenoxy) is 1. The summed E-state index contributed by atoms with van der Waals surface area (Å²) in [5.74, 6) is 0.757. The average molecular weight is 189 g/mol. The monoisotopic (exact) mass is 189 g/mol. The fraction of sp³-hybridized carbons (Fsp3) is 0.417. The van der Waals surface area contributed by atoms with Crippen molar-refractivity contribution in [3.05, 3.63) is 29.8 Å². The van der Waals surface area contributed by atoms with Gasteiger partial charge in [0.2, 0.25) is 0 Å². The van der Waals surface area contributed by atoms with E-state index >= 15 is 0 Å². The second-order valence-electron chi connectivity index (χ2n) is 3.83. The number of benzene rings is 1. The minimum absolute atomic E-state index is 0.206. The zero-order chi connectivity index (χ0) is 10.2. The Morgan fingerprint density at radius 3 is 2.79 bits per heavy atom. The largest absolute Gasteiger partial charge is 0.470 e. The van der Waals surface area contributed by atoms with Crippen LogP contribution in [0.1, 0.15) is 32.8 Å². The van der Waals surface area contributed by atoms with Crippen molar-refractivity contribution in [1.82, 2.24) is 0 Å². The van der Waals surface area contributed by atoms with E-state index in [1.165, 1.54) is 5.56 Å². The van der Waals surface area contributed by atoms with Crippen LogP contribution in [0.3, 0.4) is 0 Å². The smallest absolute Gasteiger partial charge is 0.186 e. The third kappa shape index (κ3) is 1.31. The third-order valence-electron chi connectivity index (χ3n) is 2.80. The van der Waals surface area contributed by atoms with Crippen LogP contribution in [0.4, 0.5) is 5.69 Å². The Morgan fingerprint density at radius 1 is 1.36 bits per heavy atom. The zero-order valence-electron chi connectivity index (χ0n) is 8.87. The van der Waals surface area contributed by atoms with E-state index in [2.05, 4.69) is 24.9 Å². The second kappa shape index (κ2) is 3.12. The number of para-hydroxylation sites is 1. The van der Waals surface area contributed by atoms with E-state index < -0.39 is 0 Å². The molecule has 1 aromatic rings. The van der Waals surface area contributed by atoms with Gasteiger partial charge in [0.1, 0.15) is 5.60 Å². The Labute approximate surface area is 84.6 Å². The average Bonchev–Trinajstić information content (AvgIpc) is 2.17. The highest BCUT2D eigenvalue weighted by molar-refractivity contribution is 5.80. The molecule has 14 heavy (non-hydrogen) atoms. The van der Waals surface area contributed by atoms with E-state index in [9.17, 15) is 0 Å². The topological polar surface area (TPSA) is 21.6 Å². The maximum atomic E-state index is 5.80. The lowest BCUT2D eigenvalue weighted by atomic mass is 9.90. The van der Waals surface area contributed by atoms with E-state index in [0.717, 1.165) is 18.0 Å². The van der Waals surface area contributed by atoms with E-state index in [-0.39, 0.29) is 5.60 Å². The summed E-state index contributed by atoms with van der Waals surface area (Å²) in [5, 5.41) is 0. The van der Waals surface area contributed by atoms with Gasteiger partial charge in [-0.25, -0.2) is 4.99 Å². The summed E-state index contributed by atoms with van der Waals surface area (Å²) in [7, 11) is 0. The first-order valence-electron chi connectivity index (χ1n) is 4.99. The van der Waals surface area contributed by atoms with Gasteiger partial charge in [-0.3, -0.25) is 0 Å². The molecular weight excluding hydrogens is 174 g/mol. The fourth-order valence-corrected chi connectivity index (χ4v) is 1.85. The lowest BCUT2D eigenvalue weighted by Crippen LogP contribution is -2.30. The predicted octanol–water partition coefficient (Wildman–Crippen LogP) is 3.39. The van der Waals surface area contributed by atoms with Gasteiger partial charge in [-0.2, -0.15) is 0 Å². The Bertz CT molecular complexity index is 384. The summed E-state index contributed by atoms with van der Waals surface area (Å²) in [5.41, 5.74) is 2.02. The molecule has 0 bridgehead atoms. The second-order valence-corrected chi connectivity index (χ2v) is 3.83. The molecule has 0 saturated carbocycles. The van der Waals surface area contributed by atoms with Crippen LogP contribution in [0.5, 0.6) is 0 Å². The van der Waals surface area contributed by atoms with Crippen molar-refractivity contribution in [3.8, 4) is 0 Å².